The van der Waals surface area contributed by atoms with Crippen LogP contribution in [0.15, 0.2) is 6.33 Å². The van der Waals surface area contributed by atoms with Crippen molar-refractivity contribution in [3.63, 3.8) is 0 Å². The molecule has 1 saturated heterocycles. The second-order valence-electron chi connectivity index (χ2n) is 5.12. The predicted molar refractivity (Wildman–Crippen MR) is 82.2 cm³/mol. The number of likely N-dealkylation sites (N-methyl/N-ethyl adjacent to an activating group) is 1. The van der Waals surface area contributed by atoms with Crippen molar-refractivity contribution in [2.75, 3.05) is 48.8 Å². The monoisotopic (exact) mass is 279 g/mol. The quantitative estimate of drug-likeness (QED) is 0.851. The largest absolute Gasteiger partial charge is 0.393 e. The van der Waals surface area contributed by atoms with Crippen LogP contribution in [0.25, 0.3) is 0 Å². The maximum absolute atomic E-state index is 6.26. The van der Waals surface area contributed by atoms with Crippen LogP contribution in [0, 0.1) is 0 Å². The fourth-order valence-corrected chi connectivity index (χ4v) is 2.64. The van der Waals surface area contributed by atoms with E-state index < -0.39 is 0 Å². The summed E-state index contributed by atoms with van der Waals surface area (Å²) in [7, 11) is 2.01. The van der Waals surface area contributed by atoms with Crippen LogP contribution in [0.1, 0.15) is 26.7 Å². The molecule has 112 valence electrons. The van der Waals surface area contributed by atoms with Gasteiger partial charge in [0.1, 0.15) is 12.0 Å². The molecular weight excluding hydrogens is 254 g/mol. The summed E-state index contributed by atoms with van der Waals surface area (Å²) in [6, 6.07) is 0. The first-order chi connectivity index (χ1) is 9.67. The van der Waals surface area contributed by atoms with E-state index in [1.807, 2.05) is 7.05 Å². The Morgan fingerprint density at radius 2 is 2.00 bits per heavy atom. The number of rotatable bonds is 6. The summed E-state index contributed by atoms with van der Waals surface area (Å²) >= 11 is 0. The van der Waals surface area contributed by atoms with Crippen LogP contribution in [-0.4, -0.2) is 49.4 Å². The molecule has 2 N–H and O–H groups in total. The SMILES string of the molecule is CCN(CC)c1ncnc(N(C)C[C@@H]2CCCO2)c1N. The number of aromatic nitrogens is 2. The van der Waals surface area contributed by atoms with Crippen molar-refractivity contribution in [3.05, 3.63) is 6.33 Å². The number of ether oxygens (including phenoxy) is 1. The number of nitrogen functional groups attached to an aromatic ring is 1. The third-order valence-corrected chi connectivity index (χ3v) is 3.77. The Bertz CT molecular complexity index is 430. The molecule has 0 aliphatic carbocycles. The van der Waals surface area contributed by atoms with Gasteiger partial charge in [-0.05, 0) is 26.7 Å². The lowest BCUT2D eigenvalue weighted by Gasteiger charge is -2.26. The van der Waals surface area contributed by atoms with Gasteiger partial charge in [0.2, 0.25) is 0 Å². The van der Waals surface area contributed by atoms with Gasteiger partial charge in [-0.3, -0.25) is 0 Å². The summed E-state index contributed by atoms with van der Waals surface area (Å²) < 4.78 is 5.67. The Morgan fingerprint density at radius 3 is 2.60 bits per heavy atom. The van der Waals surface area contributed by atoms with Gasteiger partial charge < -0.3 is 20.3 Å². The first kappa shape index (κ1) is 14.8. The van der Waals surface area contributed by atoms with E-state index in [0.717, 1.165) is 50.7 Å². The Labute approximate surface area is 120 Å². The van der Waals surface area contributed by atoms with Crippen LogP contribution in [0.3, 0.4) is 0 Å². The molecule has 1 fully saturated rings. The zero-order valence-corrected chi connectivity index (χ0v) is 12.7. The zero-order valence-electron chi connectivity index (χ0n) is 12.7. The third kappa shape index (κ3) is 3.12. The van der Waals surface area contributed by atoms with Crippen molar-refractivity contribution in [1.29, 1.82) is 0 Å². The molecule has 6 heteroatoms. The van der Waals surface area contributed by atoms with Crippen LogP contribution >= 0.6 is 0 Å². The van der Waals surface area contributed by atoms with Crippen molar-refractivity contribution in [1.82, 2.24) is 9.97 Å². The van der Waals surface area contributed by atoms with Gasteiger partial charge in [0.05, 0.1) is 6.10 Å². The van der Waals surface area contributed by atoms with Crippen molar-refractivity contribution in [2.24, 2.45) is 0 Å². The molecule has 0 spiro atoms. The zero-order chi connectivity index (χ0) is 14.5. The normalized spacial score (nSPS) is 18.2. The maximum atomic E-state index is 6.26. The van der Waals surface area contributed by atoms with E-state index in [0.29, 0.717) is 5.69 Å². The molecule has 1 aliphatic heterocycles. The lowest BCUT2D eigenvalue weighted by atomic mass is 10.2. The van der Waals surface area contributed by atoms with Crippen molar-refractivity contribution < 1.29 is 4.74 Å². The van der Waals surface area contributed by atoms with Gasteiger partial charge in [-0.15, -0.1) is 0 Å². The highest BCUT2D eigenvalue weighted by Gasteiger charge is 2.21. The third-order valence-electron chi connectivity index (χ3n) is 3.77. The minimum atomic E-state index is 0.284. The first-order valence-corrected chi connectivity index (χ1v) is 7.35. The molecular formula is C14H25N5O. The lowest BCUT2D eigenvalue weighted by molar-refractivity contribution is 0.116. The number of hydrogen-bond donors (Lipinski definition) is 1. The Hall–Kier alpha value is -1.56. The van der Waals surface area contributed by atoms with Gasteiger partial charge in [0.25, 0.3) is 0 Å². The Balaban J connectivity index is 2.16. The fraction of sp³-hybridized carbons (Fsp3) is 0.714. The molecule has 1 aromatic heterocycles. The summed E-state index contributed by atoms with van der Waals surface area (Å²) in [5, 5.41) is 0. The number of nitrogens with zero attached hydrogens (tertiary/aromatic N) is 4. The van der Waals surface area contributed by atoms with Crippen molar-refractivity contribution >= 4 is 17.3 Å². The van der Waals surface area contributed by atoms with E-state index in [1.165, 1.54) is 0 Å². The molecule has 0 amide bonds. The topological polar surface area (TPSA) is 67.5 Å². The Morgan fingerprint density at radius 1 is 1.30 bits per heavy atom. The average Bonchev–Trinajstić information content (AvgIpc) is 2.94. The molecule has 0 aromatic carbocycles. The first-order valence-electron chi connectivity index (χ1n) is 7.35. The summed E-state index contributed by atoms with van der Waals surface area (Å²) in [6.45, 7) is 7.64. The number of nitrogens with two attached hydrogens (primary N) is 1. The van der Waals surface area contributed by atoms with E-state index in [9.17, 15) is 0 Å². The summed E-state index contributed by atoms with van der Waals surface area (Å²) in [4.78, 5) is 12.9. The second-order valence-corrected chi connectivity index (χ2v) is 5.12. The van der Waals surface area contributed by atoms with Crippen LogP contribution in [0.2, 0.25) is 0 Å². The van der Waals surface area contributed by atoms with Crippen LogP contribution in [0.5, 0.6) is 0 Å². The summed E-state index contributed by atoms with van der Waals surface area (Å²) in [5.74, 6) is 1.61. The number of anilines is 3. The van der Waals surface area contributed by atoms with Gasteiger partial charge in [-0.2, -0.15) is 0 Å². The maximum Gasteiger partial charge on any atom is 0.157 e. The van der Waals surface area contributed by atoms with E-state index in [1.54, 1.807) is 6.33 Å². The lowest BCUT2D eigenvalue weighted by Crippen LogP contribution is -2.31. The van der Waals surface area contributed by atoms with E-state index >= 15 is 0 Å². The molecule has 20 heavy (non-hydrogen) atoms. The molecule has 6 nitrogen and oxygen atoms in total. The van der Waals surface area contributed by atoms with E-state index in [-0.39, 0.29) is 6.10 Å². The standard InChI is InChI=1S/C14H25N5O/c1-4-19(5-2)14-12(15)13(16-10-17-14)18(3)9-11-7-6-8-20-11/h10-11H,4-9,15H2,1-3H3/t11-/m0/s1. The van der Waals surface area contributed by atoms with Crippen molar-refractivity contribution in [2.45, 2.75) is 32.8 Å². The Kier molecular flexibility index (Phi) is 5.00. The summed E-state index contributed by atoms with van der Waals surface area (Å²) in [6.07, 6.45) is 4.12. The number of hydrogen-bond acceptors (Lipinski definition) is 6. The van der Waals surface area contributed by atoms with Crippen LogP contribution in [0.4, 0.5) is 17.3 Å². The van der Waals surface area contributed by atoms with Crippen LogP contribution < -0.4 is 15.5 Å². The predicted octanol–water partition coefficient (Wildman–Crippen LogP) is 1.52. The molecule has 1 aromatic rings. The van der Waals surface area contributed by atoms with Gasteiger partial charge in [-0.1, -0.05) is 0 Å². The van der Waals surface area contributed by atoms with Crippen LogP contribution in [-0.2, 0) is 4.74 Å². The molecule has 0 saturated carbocycles. The molecule has 2 rings (SSSR count). The smallest absolute Gasteiger partial charge is 0.157 e. The molecule has 2 heterocycles. The molecule has 0 bridgehead atoms. The van der Waals surface area contributed by atoms with Gasteiger partial charge in [0, 0.05) is 33.3 Å². The molecule has 0 unspecified atom stereocenters. The average molecular weight is 279 g/mol. The molecule has 1 aliphatic rings. The highest BCUT2D eigenvalue weighted by atomic mass is 16.5. The highest BCUT2D eigenvalue weighted by molar-refractivity contribution is 5.75. The van der Waals surface area contributed by atoms with E-state index in [4.69, 9.17) is 10.5 Å². The van der Waals surface area contributed by atoms with Gasteiger partial charge >= 0.3 is 0 Å². The second kappa shape index (κ2) is 6.74. The molecule has 0 radical (unpaired) electrons. The fourth-order valence-electron chi connectivity index (χ4n) is 2.64. The highest BCUT2D eigenvalue weighted by Crippen LogP contribution is 2.28. The minimum absolute atomic E-state index is 0.284. The van der Waals surface area contributed by atoms with Crippen molar-refractivity contribution in [3.8, 4) is 0 Å². The van der Waals surface area contributed by atoms with Gasteiger partial charge in [0.15, 0.2) is 11.6 Å². The summed E-state index contributed by atoms with van der Waals surface area (Å²) in [5.41, 5.74) is 6.91. The molecule has 1 atom stereocenters. The van der Waals surface area contributed by atoms with Gasteiger partial charge in [-0.25, -0.2) is 9.97 Å². The van der Waals surface area contributed by atoms with E-state index in [2.05, 4.69) is 33.6 Å². The minimum Gasteiger partial charge on any atom is -0.393 e.